The molecule has 0 aliphatic heterocycles. The molecule has 0 saturated heterocycles. The molecule has 27 heavy (non-hydrogen) atoms. The molecule has 3 amide bonds. The van der Waals surface area contributed by atoms with E-state index in [1.54, 1.807) is 24.3 Å². The molecule has 0 aliphatic carbocycles. The summed E-state index contributed by atoms with van der Waals surface area (Å²) in [6.07, 6.45) is -4.38. The summed E-state index contributed by atoms with van der Waals surface area (Å²) in [5.41, 5.74) is 0.383. The van der Waals surface area contributed by atoms with Gasteiger partial charge in [0.05, 0.1) is 5.56 Å². The van der Waals surface area contributed by atoms with Crippen LogP contribution in [0.3, 0.4) is 0 Å². The van der Waals surface area contributed by atoms with Crippen LogP contribution in [0.25, 0.3) is 0 Å². The number of hydrogen-bond acceptors (Lipinski definition) is 2. The quantitative estimate of drug-likeness (QED) is 0.757. The number of rotatable bonds is 6. The number of carbonyl (C=O) groups excluding carboxylic acids is 2. The van der Waals surface area contributed by atoms with E-state index >= 15 is 0 Å². The molecular weight excluding hydrogens is 359 g/mol. The van der Waals surface area contributed by atoms with E-state index in [9.17, 15) is 22.8 Å². The van der Waals surface area contributed by atoms with Crippen molar-refractivity contribution in [1.82, 2.24) is 15.5 Å². The highest BCUT2D eigenvalue weighted by molar-refractivity contribution is 5.94. The first-order valence-corrected chi connectivity index (χ1v) is 8.25. The molecule has 0 bridgehead atoms. The van der Waals surface area contributed by atoms with Crippen molar-refractivity contribution in [2.45, 2.75) is 12.7 Å². The van der Waals surface area contributed by atoms with Gasteiger partial charge in [0.2, 0.25) is 0 Å². The third kappa shape index (κ3) is 6.32. The maximum absolute atomic E-state index is 12.5. The van der Waals surface area contributed by atoms with Crippen LogP contribution in [0.4, 0.5) is 18.0 Å². The van der Waals surface area contributed by atoms with Gasteiger partial charge in [-0.3, -0.25) is 4.79 Å². The van der Waals surface area contributed by atoms with E-state index in [0.717, 1.165) is 12.1 Å². The number of benzene rings is 2. The fourth-order valence-corrected chi connectivity index (χ4v) is 2.32. The van der Waals surface area contributed by atoms with Gasteiger partial charge in [-0.2, -0.15) is 13.2 Å². The highest BCUT2D eigenvalue weighted by atomic mass is 19.4. The Bertz CT molecular complexity index is 762. The molecule has 0 aromatic heterocycles. The summed E-state index contributed by atoms with van der Waals surface area (Å²) < 4.78 is 37.6. The molecule has 2 aromatic rings. The number of nitrogens with zero attached hydrogens (tertiary/aromatic N) is 1. The zero-order chi connectivity index (χ0) is 19.9. The molecule has 8 heteroatoms. The van der Waals surface area contributed by atoms with Gasteiger partial charge in [-0.1, -0.05) is 30.3 Å². The molecule has 0 unspecified atom stereocenters. The van der Waals surface area contributed by atoms with Crippen LogP contribution in [0, 0.1) is 0 Å². The van der Waals surface area contributed by atoms with E-state index in [1.165, 1.54) is 24.1 Å². The summed E-state index contributed by atoms with van der Waals surface area (Å²) in [7, 11) is 1.54. The monoisotopic (exact) mass is 379 g/mol. The molecule has 0 fully saturated rings. The summed E-state index contributed by atoms with van der Waals surface area (Å²) in [5.74, 6) is -0.233. The Labute approximate surface area is 155 Å². The van der Waals surface area contributed by atoms with Crippen molar-refractivity contribution < 1.29 is 22.8 Å². The van der Waals surface area contributed by atoms with E-state index in [0.29, 0.717) is 11.1 Å². The van der Waals surface area contributed by atoms with Gasteiger partial charge in [0.1, 0.15) is 0 Å². The minimum atomic E-state index is -4.38. The lowest BCUT2D eigenvalue weighted by molar-refractivity contribution is -0.137. The number of halogens is 3. The Hall–Kier alpha value is -3.03. The minimum Gasteiger partial charge on any atom is -0.350 e. The van der Waals surface area contributed by atoms with E-state index in [2.05, 4.69) is 10.6 Å². The number of amides is 3. The smallest absolute Gasteiger partial charge is 0.350 e. The van der Waals surface area contributed by atoms with Crippen LogP contribution in [0.15, 0.2) is 54.6 Å². The van der Waals surface area contributed by atoms with Gasteiger partial charge in [-0.25, -0.2) is 4.79 Å². The van der Waals surface area contributed by atoms with E-state index < -0.39 is 11.7 Å². The predicted molar refractivity (Wildman–Crippen MR) is 95.1 cm³/mol. The maximum atomic E-state index is 12.5. The zero-order valence-corrected chi connectivity index (χ0v) is 14.7. The van der Waals surface area contributed by atoms with Gasteiger partial charge in [0.15, 0.2) is 0 Å². The molecular formula is C19H20F3N3O2. The normalized spacial score (nSPS) is 11.0. The first kappa shape index (κ1) is 20.3. The van der Waals surface area contributed by atoms with Gasteiger partial charge >= 0.3 is 12.2 Å². The third-order valence-corrected chi connectivity index (χ3v) is 3.77. The molecule has 5 nitrogen and oxygen atoms in total. The molecule has 0 radical (unpaired) electrons. The van der Waals surface area contributed by atoms with Crippen LogP contribution in [-0.4, -0.2) is 37.0 Å². The first-order valence-electron chi connectivity index (χ1n) is 8.25. The summed E-state index contributed by atoms with van der Waals surface area (Å²) in [4.78, 5) is 25.2. The number of alkyl halides is 3. The lowest BCUT2D eigenvalue weighted by atomic mass is 10.1. The summed E-state index contributed by atoms with van der Waals surface area (Å²) in [5, 5.41) is 5.32. The predicted octanol–water partition coefficient (Wildman–Crippen LogP) is 3.28. The fraction of sp³-hybridized carbons (Fsp3) is 0.263. The van der Waals surface area contributed by atoms with Crippen LogP contribution in [0.5, 0.6) is 0 Å². The largest absolute Gasteiger partial charge is 0.416 e. The van der Waals surface area contributed by atoms with E-state index in [4.69, 9.17) is 0 Å². The average molecular weight is 379 g/mol. The Morgan fingerprint density at radius 3 is 2.11 bits per heavy atom. The Morgan fingerprint density at radius 2 is 1.52 bits per heavy atom. The topological polar surface area (TPSA) is 61.4 Å². The summed E-state index contributed by atoms with van der Waals surface area (Å²) in [6.45, 7) is 0.655. The van der Waals surface area contributed by atoms with Gasteiger partial charge in [-0.15, -0.1) is 0 Å². The Morgan fingerprint density at radius 1 is 0.926 bits per heavy atom. The van der Waals surface area contributed by atoms with Crippen molar-refractivity contribution in [3.8, 4) is 0 Å². The van der Waals surface area contributed by atoms with Crippen LogP contribution in [0.1, 0.15) is 21.5 Å². The van der Waals surface area contributed by atoms with Crippen LogP contribution >= 0.6 is 0 Å². The summed E-state index contributed by atoms with van der Waals surface area (Å²) >= 11 is 0. The van der Waals surface area contributed by atoms with Crippen molar-refractivity contribution in [3.05, 3.63) is 71.3 Å². The Kier molecular flexibility index (Phi) is 6.81. The standard InChI is InChI=1S/C19H20F3N3O2/c1-25(13-14-7-9-16(10-8-14)19(20,21)22)18(27)24-12-11-23-17(26)15-5-3-2-4-6-15/h2-10H,11-13H2,1H3,(H,23,26)(H,24,27). The summed E-state index contributed by atoms with van der Waals surface area (Å²) in [6, 6.07) is 13.0. The fourth-order valence-electron chi connectivity index (χ4n) is 2.32. The highest BCUT2D eigenvalue weighted by Crippen LogP contribution is 2.29. The zero-order valence-electron chi connectivity index (χ0n) is 14.7. The first-order chi connectivity index (χ1) is 12.8. The molecule has 0 atom stereocenters. The van der Waals surface area contributed by atoms with Crippen molar-refractivity contribution >= 4 is 11.9 Å². The molecule has 0 spiro atoms. The Balaban J connectivity index is 1.73. The molecule has 0 saturated carbocycles. The molecule has 0 aliphatic rings. The number of carbonyl (C=O) groups is 2. The van der Waals surface area contributed by atoms with Crippen LogP contribution in [-0.2, 0) is 12.7 Å². The average Bonchev–Trinajstić information content (AvgIpc) is 2.65. The lowest BCUT2D eigenvalue weighted by Gasteiger charge is -2.18. The highest BCUT2D eigenvalue weighted by Gasteiger charge is 2.29. The van der Waals surface area contributed by atoms with Gasteiger partial charge in [0.25, 0.3) is 5.91 Å². The van der Waals surface area contributed by atoms with Crippen molar-refractivity contribution in [3.63, 3.8) is 0 Å². The third-order valence-electron chi connectivity index (χ3n) is 3.77. The van der Waals surface area contributed by atoms with E-state index in [-0.39, 0.29) is 31.6 Å². The number of hydrogen-bond donors (Lipinski definition) is 2. The number of nitrogens with one attached hydrogen (secondary N) is 2. The lowest BCUT2D eigenvalue weighted by Crippen LogP contribution is -2.41. The second-order valence-corrected chi connectivity index (χ2v) is 5.90. The molecule has 144 valence electrons. The molecule has 2 aromatic carbocycles. The van der Waals surface area contributed by atoms with E-state index in [1.807, 2.05) is 6.07 Å². The van der Waals surface area contributed by atoms with Gasteiger partial charge in [-0.05, 0) is 29.8 Å². The second-order valence-electron chi connectivity index (χ2n) is 5.90. The molecule has 2 N–H and O–H groups in total. The van der Waals surface area contributed by atoms with Crippen molar-refractivity contribution in [2.75, 3.05) is 20.1 Å². The van der Waals surface area contributed by atoms with Crippen molar-refractivity contribution in [1.29, 1.82) is 0 Å². The van der Waals surface area contributed by atoms with Crippen molar-refractivity contribution in [2.24, 2.45) is 0 Å². The molecule has 0 heterocycles. The minimum absolute atomic E-state index is 0.167. The SMILES string of the molecule is CN(Cc1ccc(C(F)(F)F)cc1)C(=O)NCCNC(=O)c1ccccc1. The van der Waals surface area contributed by atoms with Crippen LogP contribution < -0.4 is 10.6 Å². The number of urea groups is 1. The van der Waals surface area contributed by atoms with Crippen LogP contribution in [0.2, 0.25) is 0 Å². The second kappa shape index (κ2) is 9.07. The van der Waals surface area contributed by atoms with Gasteiger partial charge in [0, 0.05) is 32.2 Å². The van der Waals surface area contributed by atoms with Gasteiger partial charge < -0.3 is 15.5 Å². The maximum Gasteiger partial charge on any atom is 0.416 e. The molecule has 2 rings (SSSR count).